The normalized spacial score (nSPS) is 28.6. The van der Waals surface area contributed by atoms with Crippen molar-refractivity contribution in [3.8, 4) is 0 Å². The van der Waals surface area contributed by atoms with Crippen LogP contribution in [0.4, 0.5) is 4.79 Å². The number of nitrogens with zero attached hydrogens (tertiary/aromatic N) is 3. The van der Waals surface area contributed by atoms with Crippen LogP contribution in [0, 0.1) is 12.8 Å². The Morgan fingerprint density at radius 2 is 1.94 bits per heavy atom. The molecule has 1 aromatic heterocycles. The highest BCUT2D eigenvalue weighted by Crippen LogP contribution is 2.37. The van der Waals surface area contributed by atoms with Crippen LogP contribution in [-0.4, -0.2) is 71.4 Å². The number of amides is 3. The predicted molar refractivity (Wildman–Crippen MR) is 120 cm³/mol. The van der Waals surface area contributed by atoms with Gasteiger partial charge >= 0.3 is 6.03 Å². The number of hydrogen-bond donors (Lipinski definition) is 1. The number of carbonyl (C=O) groups excluding carboxylic acids is 2. The summed E-state index contributed by atoms with van der Waals surface area (Å²) in [6.45, 7) is 8.36. The summed E-state index contributed by atoms with van der Waals surface area (Å²) in [6, 6.07) is 4.34. The molecular formula is C24H38N4O3. The molecule has 1 aromatic rings. The third kappa shape index (κ3) is 4.53. The molecule has 2 atom stereocenters. The number of imide groups is 1. The van der Waals surface area contributed by atoms with Gasteiger partial charge in [0, 0.05) is 12.6 Å². The summed E-state index contributed by atoms with van der Waals surface area (Å²) in [5.41, 5.74) is -0.721. The van der Waals surface area contributed by atoms with Crippen molar-refractivity contribution < 1.29 is 14.0 Å². The van der Waals surface area contributed by atoms with Crippen LogP contribution < -0.4 is 5.32 Å². The van der Waals surface area contributed by atoms with Crippen LogP contribution >= 0.6 is 0 Å². The lowest BCUT2D eigenvalue weighted by Gasteiger charge is -2.40. The maximum atomic E-state index is 13.6. The topological polar surface area (TPSA) is 69.0 Å². The Morgan fingerprint density at radius 3 is 2.55 bits per heavy atom. The Balaban J connectivity index is 1.38. The molecule has 0 spiro atoms. The van der Waals surface area contributed by atoms with Crippen molar-refractivity contribution in [1.82, 2.24) is 20.0 Å². The molecule has 0 bridgehead atoms. The van der Waals surface area contributed by atoms with Crippen LogP contribution in [0.3, 0.4) is 0 Å². The largest absolute Gasteiger partial charge is 0.465 e. The molecule has 4 rings (SSSR count). The van der Waals surface area contributed by atoms with Crippen molar-refractivity contribution in [2.24, 2.45) is 5.92 Å². The molecule has 0 radical (unpaired) electrons. The number of urea groups is 1. The summed E-state index contributed by atoms with van der Waals surface area (Å²) in [5.74, 6) is 2.14. The number of carbonyl (C=O) groups is 2. The molecule has 172 valence electrons. The van der Waals surface area contributed by atoms with Gasteiger partial charge in [0.2, 0.25) is 0 Å². The quantitative estimate of drug-likeness (QED) is 0.641. The van der Waals surface area contributed by atoms with E-state index in [9.17, 15) is 9.59 Å². The first kappa shape index (κ1) is 22.3. The van der Waals surface area contributed by atoms with Crippen molar-refractivity contribution in [3.05, 3.63) is 23.7 Å². The van der Waals surface area contributed by atoms with Gasteiger partial charge in [0.05, 0.1) is 6.54 Å². The number of furan rings is 1. The summed E-state index contributed by atoms with van der Waals surface area (Å²) in [6.07, 6.45) is 6.69. The van der Waals surface area contributed by atoms with E-state index in [-0.39, 0.29) is 17.9 Å². The molecule has 31 heavy (non-hydrogen) atoms. The van der Waals surface area contributed by atoms with Gasteiger partial charge in [-0.1, -0.05) is 13.3 Å². The molecule has 0 aromatic carbocycles. The molecular weight excluding hydrogens is 392 g/mol. The minimum atomic E-state index is -0.721. The van der Waals surface area contributed by atoms with Crippen molar-refractivity contribution in [2.45, 2.75) is 76.9 Å². The third-order valence-electron chi connectivity index (χ3n) is 7.66. The highest BCUT2D eigenvalue weighted by molar-refractivity contribution is 6.07. The van der Waals surface area contributed by atoms with Crippen LogP contribution in [0.1, 0.15) is 63.4 Å². The predicted octanol–water partition coefficient (Wildman–Crippen LogP) is 3.38. The molecule has 3 fully saturated rings. The van der Waals surface area contributed by atoms with Gasteiger partial charge in [0.15, 0.2) is 0 Å². The van der Waals surface area contributed by atoms with Crippen LogP contribution in [0.25, 0.3) is 0 Å². The Hall–Kier alpha value is -1.86. The molecule has 3 aliphatic heterocycles. The second-order valence-corrected chi connectivity index (χ2v) is 9.74. The van der Waals surface area contributed by atoms with E-state index >= 15 is 0 Å². The zero-order chi connectivity index (χ0) is 22.0. The lowest BCUT2D eigenvalue weighted by atomic mass is 9.74. The second-order valence-electron chi connectivity index (χ2n) is 9.74. The average Bonchev–Trinajstić information content (AvgIpc) is 3.41. The zero-order valence-electron chi connectivity index (χ0n) is 19.4. The summed E-state index contributed by atoms with van der Waals surface area (Å²) in [5, 5.41) is 3.18. The van der Waals surface area contributed by atoms with E-state index in [0.717, 1.165) is 76.2 Å². The fraction of sp³-hybridized carbons (Fsp3) is 0.750. The number of likely N-dealkylation sites (tertiary alicyclic amines) is 2. The molecule has 4 heterocycles. The number of piperidine rings is 1. The summed E-state index contributed by atoms with van der Waals surface area (Å²) < 4.78 is 5.73. The lowest BCUT2D eigenvalue weighted by molar-refractivity contribution is -0.134. The smallest absolute Gasteiger partial charge is 0.325 e. The van der Waals surface area contributed by atoms with Gasteiger partial charge in [-0.05, 0) is 90.2 Å². The third-order valence-corrected chi connectivity index (χ3v) is 7.66. The Labute approximate surface area is 186 Å². The van der Waals surface area contributed by atoms with E-state index in [1.807, 2.05) is 19.1 Å². The highest BCUT2D eigenvalue weighted by atomic mass is 16.3. The van der Waals surface area contributed by atoms with Crippen LogP contribution in [0.2, 0.25) is 0 Å². The number of rotatable bonds is 8. The second kappa shape index (κ2) is 9.33. The molecule has 7 nitrogen and oxygen atoms in total. The molecule has 7 heteroatoms. The lowest BCUT2D eigenvalue weighted by Crippen LogP contribution is -2.56. The van der Waals surface area contributed by atoms with Crippen molar-refractivity contribution in [2.75, 3.05) is 33.2 Å². The standard InChI is InChI=1S/C24H38N4O3/c1-4-12-24(19-9-14-27(15-10-19)17-21-8-7-18(2)31-21)22(29)28(23(30)25-24)16-11-20-6-5-13-26(20)3/h7-8,19-20H,4-6,9-17H2,1-3H3,(H,25,30)/t20-,24-/m0/s1. The molecule has 3 amide bonds. The van der Waals surface area contributed by atoms with Gasteiger partial charge in [-0.2, -0.15) is 0 Å². The Morgan fingerprint density at radius 1 is 1.16 bits per heavy atom. The summed E-state index contributed by atoms with van der Waals surface area (Å²) in [7, 11) is 2.14. The minimum absolute atomic E-state index is 0.0140. The van der Waals surface area contributed by atoms with E-state index in [1.165, 1.54) is 11.3 Å². The van der Waals surface area contributed by atoms with Crippen molar-refractivity contribution >= 4 is 11.9 Å². The SMILES string of the molecule is CCC[C@@]1(C2CCN(Cc3ccc(C)o3)CC2)NC(=O)N(CC[C@@H]2CCCN2C)C1=O. The fourth-order valence-electron chi connectivity index (χ4n) is 5.89. The van der Waals surface area contributed by atoms with Crippen LogP contribution in [-0.2, 0) is 11.3 Å². The minimum Gasteiger partial charge on any atom is -0.465 e. The maximum Gasteiger partial charge on any atom is 0.325 e. The van der Waals surface area contributed by atoms with Crippen molar-refractivity contribution in [1.29, 1.82) is 0 Å². The molecule has 1 N–H and O–H groups in total. The van der Waals surface area contributed by atoms with Crippen molar-refractivity contribution in [3.63, 3.8) is 0 Å². The monoisotopic (exact) mass is 430 g/mol. The van der Waals surface area contributed by atoms with Gasteiger partial charge < -0.3 is 14.6 Å². The summed E-state index contributed by atoms with van der Waals surface area (Å²) in [4.78, 5) is 32.7. The van der Waals surface area contributed by atoms with E-state index in [2.05, 4.69) is 29.1 Å². The number of nitrogens with one attached hydrogen (secondary N) is 1. The van der Waals surface area contributed by atoms with E-state index in [4.69, 9.17) is 4.42 Å². The van der Waals surface area contributed by atoms with Crippen LogP contribution in [0.5, 0.6) is 0 Å². The van der Waals surface area contributed by atoms with Gasteiger partial charge in [0.1, 0.15) is 17.1 Å². The molecule has 0 saturated carbocycles. The first-order valence-corrected chi connectivity index (χ1v) is 12.0. The zero-order valence-corrected chi connectivity index (χ0v) is 19.4. The number of hydrogen-bond acceptors (Lipinski definition) is 5. The van der Waals surface area contributed by atoms with E-state index in [0.29, 0.717) is 12.6 Å². The number of aryl methyl sites for hydroxylation is 1. The fourth-order valence-corrected chi connectivity index (χ4v) is 5.89. The van der Waals surface area contributed by atoms with E-state index in [1.54, 1.807) is 0 Å². The molecule has 3 saturated heterocycles. The highest BCUT2D eigenvalue weighted by Gasteiger charge is 2.55. The van der Waals surface area contributed by atoms with Crippen LogP contribution in [0.15, 0.2) is 16.5 Å². The van der Waals surface area contributed by atoms with Gasteiger partial charge in [0.25, 0.3) is 5.91 Å². The first-order valence-electron chi connectivity index (χ1n) is 12.0. The average molecular weight is 431 g/mol. The Bertz CT molecular complexity index is 786. The molecule has 3 aliphatic rings. The summed E-state index contributed by atoms with van der Waals surface area (Å²) >= 11 is 0. The van der Waals surface area contributed by atoms with Gasteiger partial charge in [-0.15, -0.1) is 0 Å². The maximum absolute atomic E-state index is 13.6. The van der Waals surface area contributed by atoms with E-state index < -0.39 is 5.54 Å². The molecule has 0 aliphatic carbocycles. The van der Waals surface area contributed by atoms with Gasteiger partial charge in [-0.3, -0.25) is 14.6 Å². The molecule has 0 unspecified atom stereocenters. The Kier molecular flexibility index (Phi) is 6.72. The van der Waals surface area contributed by atoms with Gasteiger partial charge in [-0.25, -0.2) is 4.79 Å². The first-order chi connectivity index (χ1) is 14.9.